The van der Waals surface area contributed by atoms with Crippen molar-refractivity contribution in [2.75, 3.05) is 5.32 Å². The van der Waals surface area contributed by atoms with E-state index < -0.39 is 0 Å². The number of hydrogen-bond acceptors (Lipinski definition) is 5. The van der Waals surface area contributed by atoms with Crippen LogP contribution in [0.5, 0.6) is 0 Å². The number of rotatable bonds is 5. The van der Waals surface area contributed by atoms with E-state index in [1.165, 1.54) is 0 Å². The Morgan fingerprint density at radius 1 is 1.35 bits per heavy atom. The van der Waals surface area contributed by atoms with Crippen LogP contribution in [-0.4, -0.2) is 16.0 Å². The van der Waals surface area contributed by atoms with E-state index in [0.717, 1.165) is 33.3 Å². The summed E-state index contributed by atoms with van der Waals surface area (Å²) in [4.78, 5) is 16.4. The van der Waals surface area contributed by atoms with Gasteiger partial charge in [0, 0.05) is 34.8 Å². The molecule has 0 aliphatic rings. The van der Waals surface area contributed by atoms with E-state index in [1.807, 2.05) is 43.5 Å². The minimum atomic E-state index is -0.0266. The average molecular weight is 327 g/mol. The summed E-state index contributed by atoms with van der Waals surface area (Å²) in [6.45, 7) is 3.76. The lowest BCUT2D eigenvalue weighted by Crippen LogP contribution is -2.12. The minimum absolute atomic E-state index is 0.0266. The van der Waals surface area contributed by atoms with Gasteiger partial charge in [-0.3, -0.25) is 4.79 Å². The highest BCUT2D eigenvalue weighted by Crippen LogP contribution is 2.24. The van der Waals surface area contributed by atoms with Crippen molar-refractivity contribution in [2.45, 2.75) is 26.7 Å². The first-order chi connectivity index (χ1) is 11.1. The third-order valence-electron chi connectivity index (χ3n) is 3.61. The van der Waals surface area contributed by atoms with Gasteiger partial charge in [0.2, 0.25) is 5.91 Å². The summed E-state index contributed by atoms with van der Waals surface area (Å²) < 4.78 is 5.12. The van der Waals surface area contributed by atoms with Crippen LogP contribution >= 0.6 is 11.3 Å². The SMILES string of the molecule is Cc1noc(C)c1CCC(=O)Nc1cccc(-c2nccs2)c1. The van der Waals surface area contributed by atoms with Gasteiger partial charge in [0.15, 0.2) is 0 Å². The van der Waals surface area contributed by atoms with Gasteiger partial charge in [0.1, 0.15) is 10.8 Å². The third kappa shape index (κ3) is 3.65. The Morgan fingerprint density at radius 2 is 2.22 bits per heavy atom. The van der Waals surface area contributed by atoms with Crippen LogP contribution in [0, 0.1) is 13.8 Å². The first kappa shape index (κ1) is 15.4. The predicted molar refractivity (Wildman–Crippen MR) is 90.5 cm³/mol. The van der Waals surface area contributed by atoms with Crippen LogP contribution in [0.2, 0.25) is 0 Å². The molecule has 3 aromatic rings. The van der Waals surface area contributed by atoms with E-state index in [1.54, 1.807) is 17.5 Å². The molecule has 0 aliphatic heterocycles. The minimum Gasteiger partial charge on any atom is -0.361 e. The summed E-state index contributed by atoms with van der Waals surface area (Å²) >= 11 is 1.57. The molecule has 2 aromatic heterocycles. The Hall–Kier alpha value is -2.47. The first-order valence-corrected chi connectivity index (χ1v) is 8.23. The number of hydrogen-bond donors (Lipinski definition) is 1. The number of thiazole rings is 1. The second-order valence-electron chi connectivity index (χ2n) is 5.27. The molecule has 0 unspecified atom stereocenters. The Bertz CT molecular complexity index is 790. The molecule has 0 aliphatic carbocycles. The van der Waals surface area contributed by atoms with Crippen molar-refractivity contribution in [2.24, 2.45) is 0 Å². The van der Waals surface area contributed by atoms with Crippen LogP contribution in [0.15, 0.2) is 40.4 Å². The molecule has 0 saturated carbocycles. The van der Waals surface area contributed by atoms with Crippen molar-refractivity contribution in [1.82, 2.24) is 10.1 Å². The van der Waals surface area contributed by atoms with Gasteiger partial charge in [0.05, 0.1) is 5.69 Å². The lowest BCUT2D eigenvalue weighted by molar-refractivity contribution is -0.116. The number of amides is 1. The molecular weight excluding hydrogens is 310 g/mol. The summed E-state index contributed by atoms with van der Waals surface area (Å²) in [5.74, 6) is 0.752. The fourth-order valence-corrected chi connectivity index (χ4v) is 3.05. The molecule has 0 radical (unpaired) electrons. The number of carbonyl (C=O) groups is 1. The number of benzene rings is 1. The number of aryl methyl sites for hydroxylation is 2. The maximum Gasteiger partial charge on any atom is 0.224 e. The molecule has 118 valence electrons. The monoisotopic (exact) mass is 327 g/mol. The summed E-state index contributed by atoms with van der Waals surface area (Å²) in [5.41, 5.74) is 3.64. The van der Waals surface area contributed by atoms with E-state index in [9.17, 15) is 4.79 Å². The van der Waals surface area contributed by atoms with Crippen LogP contribution in [0.25, 0.3) is 10.6 Å². The molecule has 1 aromatic carbocycles. The molecule has 0 atom stereocenters. The van der Waals surface area contributed by atoms with E-state index in [0.29, 0.717) is 12.8 Å². The van der Waals surface area contributed by atoms with Crippen molar-refractivity contribution in [3.05, 3.63) is 52.9 Å². The van der Waals surface area contributed by atoms with Crippen LogP contribution in [0.4, 0.5) is 5.69 Å². The van der Waals surface area contributed by atoms with E-state index >= 15 is 0 Å². The zero-order valence-electron chi connectivity index (χ0n) is 13.0. The molecule has 3 rings (SSSR count). The average Bonchev–Trinajstić information content (AvgIpc) is 3.17. The molecule has 1 N–H and O–H groups in total. The Kier molecular flexibility index (Phi) is 4.52. The van der Waals surface area contributed by atoms with Crippen molar-refractivity contribution in [3.8, 4) is 10.6 Å². The molecule has 6 heteroatoms. The maximum absolute atomic E-state index is 12.2. The molecule has 1 amide bonds. The Balaban J connectivity index is 1.63. The van der Waals surface area contributed by atoms with E-state index in [2.05, 4.69) is 15.5 Å². The van der Waals surface area contributed by atoms with Gasteiger partial charge in [0.25, 0.3) is 0 Å². The standard InChI is InChI=1S/C17H17N3O2S/c1-11-15(12(2)22-20-11)6-7-16(21)19-14-5-3-4-13(10-14)17-18-8-9-23-17/h3-5,8-10H,6-7H2,1-2H3,(H,19,21). The Labute approximate surface area is 138 Å². The van der Waals surface area contributed by atoms with Gasteiger partial charge >= 0.3 is 0 Å². The topological polar surface area (TPSA) is 68.0 Å². The van der Waals surface area contributed by atoms with Crippen LogP contribution in [0.3, 0.4) is 0 Å². The van der Waals surface area contributed by atoms with Crippen LogP contribution in [-0.2, 0) is 11.2 Å². The smallest absolute Gasteiger partial charge is 0.224 e. The first-order valence-electron chi connectivity index (χ1n) is 7.35. The fraction of sp³-hybridized carbons (Fsp3) is 0.235. The van der Waals surface area contributed by atoms with Gasteiger partial charge in [-0.1, -0.05) is 17.3 Å². The third-order valence-corrected chi connectivity index (χ3v) is 4.43. The molecule has 5 nitrogen and oxygen atoms in total. The largest absolute Gasteiger partial charge is 0.361 e. The van der Waals surface area contributed by atoms with Gasteiger partial charge < -0.3 is 9.84 Å². The molecule has 2 heterocycles. The van der Waals surface area contributed by atoms with E-state index in [-0.39, 0.29) is 5.91 Å². The number of anilines is 1. The number of nitrogens with one attached hydrogen (secondary N) is 1. The zero-order chi connectivity index (χ0) is 16.2. The lowest BCUT2D eigenvalue weighted by Gasteiger charge is -2.06. The van der Waals surface area contributed by atoms with Crippen molar-refractivity contribution in [1.29, 1.82) is 0 Å². The summed E-state index contributed by atoms with van der Waals surface area (Å²) in [5, 5.41) is 9.71. The van der Waals surface area contributed by atoms with Gasteiger partial charge in [-0.15, -0.1) is 11.3 Å². The summed E-state index contributed by atoms with van der Waals surface area (Å²) in [7, 11) is 0. The van der Waals surface area contributed by atoms with Gasteiger partial charge in [-0.2, -0.15) is 0 Å². The number of aromatic nitrogens is 2. The van der Waals surface area contributed by atoms with Crippen molar-refractivity contribution < 1.29 is 9.32 Å². The Morgan fingerprint density at radius 3 is 2.91 bits per heavy atom. The maximum atomic E-state index is 12.2. The van der Waals surface area contributed by atoms with Crippen molar-refractivity contribution >= 4 is 22.9 Å². The highest BCUT2D eigenvalue weighted by molar-refractivity contribution is 7.13. The molecule has 23 heavy (non-hydrogen) atoms. The van der Waals surface area contributed by atoms with Gasteiger partial charge in [-0.25, -0.2) is 4.98 Å². The molecule has 0 fully saturated rings. The highest BCUT2D eigenvalue weighted by Gasteiger charge is 2.11. The fourth-order valence-electron chi connectivity index (χ4n) is 2.42. The van der Waals surface area contributed by atoms with Gasteiger partial charge in [-0.05, 0) is 32.4 Å². The molecule has 0 bridgehead atoms. The molecule has 0 saturated heterocycles. The second-order valence-corrected chi connectivity index (χ2v) is 6.16. The quantitative estimate of drug-likeness (QED) is 0.769. The normalized spacial score (nSPS) is 10.7. The molecular formula is C17H17N3O2S. The van der Waals surface area contributed by atoms with Crippen LogP contribution < -0.4 is 5.32 Å². The highest BCUT2D eigenvalue weighted by atomic mass is 32.1. The molecule has 0 spiro atoms. The zero-order valence-corrected chi connectivity index (χ0v) is 13.8. The summed E-state index contributed by atoms with van der Waals surface area (Å²) in [6.07, 6.45) is 2.79. The number of carbonyl (C=O) groups excluding carboxylic acids is 1. The summed E-state index contributed by atoms with van der Waals surface area (Å²) in [6, 6.07) is 7.72. The predicted octanol–water partition coefficient (Wildman–Crippen LogP) is 3.99. The second kappa shape index (κ2) is 6.75. The van der Waals surface area contributed by atoms with Crippen LogP contribution in [0.1, 0.15) is 23.4 Å². The lowest BCUT2D eigenvalue weighted by atomic mass is 10.1. The van der Waals surface area contributed by atoms with E-state index in [4.69, 9.17) is 4.52 Å². The van der Waals surface area contributed by atoms with Crippen molar-refractivity contribution in [3.63, 3.8) is 0 Å². The number of nitrogens with zero attached hydrogens (tertiary/aromatic N) is 2.